The van der Waals surface area contributed by atoms with Crippen LogP contribution in [0.1, 0.15) is 32.7 Å². The summed E-state index contributed by atoms with van der Waals surface area (Å²) in [6.45, 7) is 6.05. The number of oxazole rings is 1. The smallest absolute Gasteiger partial charge is 0.278 e. The van der Waals surface area contributed by atoms with Gasteiger partial charge in [-0.1, -0.05) is 29.8 Å². The number of nitrogens with one attached hydrogen (secondary N) is 2. The fourth-order valence-electron chi connectivity index (χ4n) is 3.75. The topological polar surface area (TPSA) is 84.2 Å². The fourth-order valence-corrected chi connectivity index (χ4v) is 4.00. The van der Waals surface area contributed by atoms with Gasteiger partial charge in [-0.2, -0.15) is 0 Å². The van der Waals surface area contributed by atoms with Crippen LogP contribution in [0.4, 0.5) is 15.8 Å². The molecule has 2 N–H and O–H groups in total. The highest BCUT2D eigenvalue weighted by Crippen LogP contribution is 2.33. The lowest BCUT2D eigenvalue weighted by Crippen LogP contribution is -2.16. The molecule has 0 fully saturated rings. The van der Waals surface area contributed by atoms with Gasteiger partial charge in [-0.05, 0) is 79.4 Å². The number of anilines is 2. The van der Waals surface area contributed by atoms with E-state index < -0.39 is 11.7 Å². The standard InChI is InChI=1S/C27H23ClFN3O3/c1-15-10-20(11-16(2)17(15)3)31-23(33)13-18-6-4-7-19(12-18)32-27(34)25-26(35-14-30-25)24-21(28)8-5-9-22(24)29/h4-12,14H,13H2,1-3H3,(H,31,33)(H,32,34). The van der Waals surface area contributed by atoms with Crippen molar-refractivity contribution in [2.45, 2.75) is 27.2 Å². The maximum atomic E-state index is 14.3. The molecule has 0 saturated carbocycles. The minimum atomic E-state index is -0.629. The van der Waals surface area contributed by atoms with Crippen LogP contribution in [0.3, 0.4) is 0 Å². The van der Waals surface area contributed by atoms with Crippen LogP contribution in [0.25, 0.3) is 11.3 Å². The van der Waals surface area contributed by atoms with Crippen molar-refractivity contribution in [3.63, 3.8) is 0 Å². The second-order valence-corrected chi connectivity index (χ2v) is 8.65. The van der Waals surface area contributed by atoms with Gasteiger partial charge in [-0.3, -0.25) is 9.59 Å². The molecule has 3 aromatic carbocycles. The lowest BCUT2D eigenvalue weighted by atomic mass is 10.0. The fraction of sp³-hybridized carbons (Fsp3) is 0.148. The molecule has 6 nitrogen and oxygen atoms in total. The maximum Gasteiger partial charge on any atom is 0.278 e. The number of benzene rings is 3. The first-order valence-corrected chi connectivity index (χ1v) is 11.3. The summed E-state index contributed by atoms with van der Waals surface area (Å²) in [6.07, 6.45) is 1.18. The summed E-state index contributed by atoms with van der Waals surface area (Å²) in [5.74, 6) is -1.47. The van der Waals surface area contributed by atoms with E-state index >= 15 is 0 Å². The number of hydrogen-bond acceptors (Lipinski definition) is 4. The number of nitrogens with zero attached hydrogens (tertiary/aromatic N) is 1. The van der Waals surface area contributed by atoms with Crippen molar-refractivity contribution in [1.82, 2.24) is 4.98 Å². The summed E-state index contributed by atoms with van der Waals surface area (Å²) >= 11 is 6.11. The van der Waals surface area contributed by atoms with Crippen LogP contribution in [-0.4, -0.2) is 16.8 Å². The second kappa shape index (κ2) is 10.1. The Morgan fingerprint density at radius 1 is 0.971 bits per heavy atom. The molecular weight excluding hydrogens is 469 g/mol. The Kier molecular flexibility index (Phi) is 6.98. The van der Waals surface area contributed by atoms with Crippen molar-refractivity contribution in [1.29, 1.82) is 0 Å². The molecule has 178 valence electrons. The van der Waals surface area contributed by atoms with Gasteiger partial charge in [0.25, 0.3) is 5.91 Å². The monoisotopic (exact) mass is 491 g/mol. The Bertz CT molecular complexity index is 1390. The van der Waals surface area contributed by atoms with Crippen LogP contribution < -0.4 is 10.6 Å². The molecular formula is C27H23ClFN3O3. The van der Waals surface area contributed by atoms with Crippen LogP contribution in [0.2, 0.25) is 5.02 Å². The first-order chi connectivity index (χ1) is 16.7. The predicted octanol–water partition coefficient (Wildman–Crippen LogP) is 6.49. The van der Waals surface area contributed by atoms with Gasteiger partial charge < -0.3 is 15.1 Å². The number of carbonyl (C=O) groups is 2. The quantitative estimate of drug-likeness (QED) is 0.323. The minimum Gasteiger partial charge on any atom is -0.442 e. The summed E-state index contributed by atoms with van der Waals surface area (Å²) in [4.78, 5) is 29.4. The SMILES string of the molecule is Cc1cc(NC(=O)Cc2cccc(NC(=O)c3ncoc3-c3c(F)cccc3Cl)c2)cc(C)c1C. The molecule has 0 saturated heterocycles. The van der Waals surface area contributed by atoms with Crippen molar-refractivity contribution >= 4 is 34.8 Å². The molecule has 0 atom stereocenters. The molecule has 0 aliphatic heterocycles. The van der Waals surface area contributed by atoms with Gasteiger partial charge in [0.2, 0.25) is 5.91 Å². The van der Waals surface area contributed by atoms with E-state index in [-0.39, 0.29) is 34.4 Å². The van der Waals surface area contributed by atoms with Gasteiger partial charge in [0.1, 0.15) is 5.82 Å². The number of rotatable bonds is 6. The average molecular weight is 492 g/mol. The van der Waals surface area contributed by atoms with Crippen molar-refractivity contribution in [3.05, 3.63) is 99.8 Å². The highest BCUT2D eigenvalue weighted by Gasteiger charge is 2.23. The molecule has 1 aromatic heterocycles. The Balaban J connectivity index is 1.47. The van der Waals surface area contributed by atoms with Crippen LogP contribution in [-0.2, 0) is 11.2 Å². The molecule has 0 spiro atoms. The second-order valence-electron chi connectivity index (χ2n) is 8.24. The van der Waals surface area contributed by atoms with Crippen molar-refractivity contribution in [3.8, 4) is 11.3 Å². The van der Waals surface area contributed by atoms with E-state index in [1.807, 2.05) is 32.9 Å². The van der Waals surface area contributed by atoms with Crippen molar-refractivity contribution < 1.29 is 18.4 Å². The van der Waals surface area contributed by atoms with E-state index in [1.54, 1.807) is 24.3 Å². The summed E-state index contributed by atoms with van der Waals surface area (Å²) in [7, 11) is 0. The van der Waals surface area contributed by atoms with Crippen molar-refractivity contribution in [2.75, 3.05) is 10.6 Å². The van der Waals surface area contributed by atoms with Crippen LogP contribution >= 0.6 is 11.6 Å². The lowest BCUT2D eigenvalue weighted by Gasteiger charge is -2.11. The lowest BCUT2D eigenvalue weighted by molar-refractivity contribution is -0.115. The number of halogens is 2. The number of aromatic nitrogens is 1. The molecule has 0 aliphatic rings. The Hall–Kier alpha value is -3.97. The maximum absolute atomic E-state index is 14.3. The highest BCUT2D eigenvalue weighted by molar-refractivity contribution is 6.33. The average Bonchev–Trinajstić information content (AvgIpc) is 3.27. The Morgan fingerprint density at radius 3 is 2.40 bits per heavy atom. The minimum absolute atomic E-state index is 0.0381. The predicted molar refractivity (Wildman–Crippen MR) is 134 cm³/mol. The van der Waals surface area contributed by atoms with Crippen LogP contribution in [0.5, 0.6) is 0 Å². The van der Waals surface area contributed by atoms with Gasteiger partial charge >= 0.3 is 0 Å². The number of amides is 2. The highest BCUT2D eigenvalue weighted by atomic mass is 35.5. The molecule has 4 aromatic rings. The zero-order chi connectivity index (χ0) is 25.1. The normalized spacial score (nSPS) is 10.8. The van der Waals surface area contributed by atoms with Gasteiger partial charge in [0.05, 0.1) is 17.0 Å². The molecule has 0 radical (unpaired) electrons. The van der Waals surface area contributed by atoms with Crippen LogP contribution in [0, 0.1) is 26.6 Å². The van der Waals surface area contributed by atoms with E-state index in [9.17, 15) is 14.0 Å². The molecule has 0 unspecified atom stereocenters. The summed E-state index contributed by atoms with van der Waals surface area (Å²) in [6, 6.07) is 15.0. The number of carbonyl (C=O) groups excluding carboxylic acids is 2. The van der Waals surface area contributed by atoms with E-state index in [4.69, 9.17) is 16.0 Å². The summed E-state index contributed by atoms with van der Waals surface area (Å²) < 4.78 is 19.6. The van der Waals surface area contributed by atoms with Gasteiger partial charge in [-0.25, -0.2) is 9.37 Å². The molecule has 2 amide bonds. The third-order valence-electron chi connectivity index (χ3n) is 5.73. The van der Waals surface area contributed by atoms with Crippen LogP contribution in [0.15, 0.2) is 65.4 Å². The van der Waals surface area contributed by atoms with E-state index in [0.29, 0.717) is 11.3 Å². The van der Waals surface area contributed by atoms with Crippen molar-refractivity contribution in [2.24, 2.45) is 0 Å². The Morgan fingerprint density at radius 2 is 1.69 bits per heavy atom. The third kappa shape index (κ3) is 5.41. The number of hydrogen-bond donors (Lipinski definition) is 2. The first kappa shape index (κ1) is 24.2. The molecule has 4 rings (SSSR count). The Labute approximate surface area is 207 Å². The largest absolute Gasteiger partial charge is 0.442 e. The zero-order valence-electron chi connectivity index (χ0n) is 19.4. The summed E-state index contributed by atoms with van der Waals surface area (Å²) in [5, 5.41) is 5.74. The molecule has 35 heavy (non-hydrogen) atoms. The van der Waals surface area contributed by atoms with Gasteiger partial charge in [0.15, 0.2) is 17.8 Å². The zero-order valence-corrected chi connectivity index (χ0v) is 20.2. The van der Waals surface area contributed by atoms with Gasteiger partial charge in [0, 0.05) is 11.4 Å². The van der Waals surface area contributed by atoms with Gasteiger partial charge in [-0.15, -0.1) is 0 Å². The third-order valence-corrected chi connectivity index (χ3v) is 6.05. The van der Waals surface area contributed by atoms with E-state index in [1.165, 1.54) is 23.8 Å². The van der Waals surface area contributed by atoms with E-state index in [0.717, 1.165) is 23.2 Å². The number of aryl methyl sites for hydroxylation is 2. The molecule has 0 aliphatic carbocycles. The molecule has 1 heterocycles. The summed E-state index contributed by atoms with van der Waals surface area (Å²) in [5.41, 5.74) is 5.16. The van der Waals surface area contributed by atoms with E-state index in [2.05, 4.69) is 15.6 Å². The first-order valence-electron chi connectivity index (χ1n) is 10.9. The molecule has 8 heteroatoms. The molecule has 0 bridgehead atoms.